The van der Waals surface area contributed by atoms with Crippen LogP contribution in [0.5, 0.6) is 0 Å². The molecule has 2 rings (SSSR count). The number of fused-ring (bicyclic) bond motifs is 1. The van der Waals surface area contributed by atoms with E-state index in [0.717, 1.165) is 16.7 Å². The molecule has 0 N–H and O–H groups in total. The third-order valence-corrected chi connectivity index (χ3v) is 3.98. The summed E-state index contributed by atoms with van der Waals surface area (Å²) in [7, 11) is -4.43. The molecule has 19 heavy (non-hydrogen) atoms. The molecule has 96 valence electrons. The Labute approximate surface area is 136 Å². The number of hydrogen-bond donors (Lipinski definition) is 0. The molecule has 0 saturated carbocycles. The van der Waals surface area contributed by atoms with Gasteiger partial charge in [-0.05, 0) is 41.2 Å². The van der Waals surface area contributed by atoms with Gasteiger partial charge in [-0.2, -0.15) is 0 Å². The van der Waals surface area contributed by atoms with Gasteiger partial charge in [0.05, 0.1) is 4.90 Å². The van der Waals surface area contributed by atoms with Gasteiger partial charge in [0, 0.05) is 0 Å². The van der Waals surface area contributed by atoms with Crippen LogP contribution in [0.2, 0.25) is 0 Å². The SMILES string of the molecule is Cc1cc(S(=O)(=O)[O-])c2ccccc(C(C)C)c1-2.[Na+]. The van der Waals surface area contributed by atoms with Gasteiger partial charge in [0.2, 0.25) is 0 Å². The molecule has 0 amide bonds. The van der Waals surface area contributed by atoms with Crippen molar-refractivity contribution in [2.24, 2.45) is 0 Å². The molecule has 2 aliphatic carbocycles. The van der Waals surface area contributed by atoms with E-state index in [1.807, 2.05) is 32.9 Å². The molecule has 5 heteroatoms. The van der Waals surface area contributed by atoms with Gasteiger partial charge in [-0.15, -0.1) is 0 Å². The molecule has 0 heterocycles. The van der Waals surface area contributed by atoms with Crippen molar-refractivity contribution in [1.29, 1.82) is 0 Å². The fourth-order valence-corrected chi connectivity index (χ4v) is 3.07. The zero-order valence-electron chi connectivity index (χ0n) is 11.6. The van der Waals surface area contributed by atoms with Crippen LogP contribution in [-0.2, 0) is 10.1 Å². The van der Waals surface area contributed by atoms with E-state index in [9.17, 15) is 13.0 Å². The van der Waals surface area contributed by atoms with Gasteiger partial charge in [0.15, 0.2) is 0 Å². The van der Waals surface area contributed by atoms with Crippen molar-refractivity contribution in [3.8, 4) is 11.1 Å². The fourth-order valence-electron chi connectivity index (χ4n) is 2.31. The van der Waals surface area contributed by atoms with Crippen molar-refractivity contribution in [3.05, 3.63) is 41.5 Å². The summed E-state index contributed by atoms with van der Waals surface area (Å²) in [4.78, 5) is -0.117. The van der Waals surface area contributed by atoms with Gasteiger partial charge in [-0.25, -0.2) is 8.42 Å². The zero-order valence-corrected chi connectivity index (χ0v) is 14.4. The van der Waals surface area contributed by atoms with Crippen molar-refractivity contribution in [2.75, 3.05) is 0 Å². The minimum Gasteiger partial charge on any atom is -0.744 e. The first-order valence-corrected chi connectivity index (χ1v) is 7.21. The molecular formula is C14H15NaO3S. The summed E-state index contributed by atoms with van der Waals surface area (Å²) in [6.45, 7) is 5.93. The van der Waals surface area contributed by atoms with E-state index in [2.05, 4.69) is 0 Å². The molecule has 0 aliphatic heterocycles. The molecule has 0 atom stereocenters. The Balaban J connectivity index is 0.00000180. The molecule has 0 aromatic rings. The molecule has 0 aromatic heterocycles. The standard InChI is InChI=1S/C14H16O3S.Na/c1-9(2)11-6-4-5-7-12-13(18(15,16)17)8-10(3)14(11)12;/h4-9H,1-3H3,(H,15,16,17);/q;+1/p-1. The monoisotopic (exact) mass is 286 g/mol. The zero-order chi connectivity index (χ0) is 13.5. The molecule has 0 fully saturated rings. The third-order valence-electron chi connectivity index (χ3n) is 3.11. The molecule has 0 bridgehead atoms. The molecule has 3 nitrogen and oxygen atoms in total. The van der Waals surface area contributed by atoms with Crippen molar-refractivity contribution in [2.45, 2.75) is 31.6 Å². The van der Waals surface area contributed by atoms with E-state index in [0.29, 0.717) is 5.56 Å². The predicted molar refractivity (Wildman–Crippen MR) is 69.9 cm³/mol. The first kappa shape index (κ1) is 16.7. The van der Waals surface area contributed by atoms with Crippen LogP contribution in [0.15, 0.2) is 35.2 Å². The smallest absolute Gasteiger partial charge is 0.744 e. The maximum absolute atomic E-state index is 11.3. The van der Waals surface area contributed by atoms with E-state index >= 15 is 0 Å². The maximum atomic E-state index is 11.3. The largest absolute Gasteiger partial charge is 1.00 e. The molecule has 0 radical (unpaired) electrons. The van der Waals surface area contributed by atoms with Gasteiger partial charge in [0.1, 0.15) is 10.1 Å². The summed E-state index contributed by atoms with van der Waals surface area (Å²) < 4.78 is 33.9. The second kappa shape index (κ2) is 5.94. The van der Waals surface area contributed by atoms with Crippen LogP contribution in [0.1, 0.15) is 30.9 Å². The summed E-state index contributed by atoms with van der Waals surface area (Å²) in [5.41, 5.74) is 3.29. The van der Waals surface area contributed by atoms with Gasteiger partial charge in [-0.3, -0.25) is 0 Å². The Morgan fingerprint density at radius 2 is 1.74 bits per heavy atom. The fraction of sp³-hybridized carbons (Fsp3) is 0.286. The second-order valence-corrected chi connectivity index (χ2v) is 6.11. The molecule has 0 unspecified atom stereocenters. The predicted octanol–water partition coefficient (Wildman–Crippen LogP) is 0.131. The van der Waals surface area contributed by atoms with E-state index < -0.39 is 10.1 Å². The first-order chi connectivity index (χ1) is 8.32. The second-order valence-electron chi connectivity index (χ2n) is 4.76. The molecule has 0 aromatic carbocycles. The van der Waals surface area contributed by atoms with Crippen molar-refractivity contribution >= 4 is 10.1 Å². The maximum Gasteiger partial charge on any atom is 1.00 e. The minimum absolute atomic E-state index is 0. The van der Waals surface area contributed by atoms with Crippen molar-refractivity contribution in [3.63, 3.8) is 0 Å². The molecule has 0 spiro atoms. The quantitative estimate of drug-likeness (QED) is 0.582. The van der Waals surface area contributed by atoms with Crippen LogP contribution in [0, 0.1) is 6.92 Å². The van der Waals surface area contributed by atoms with E-state index in [4.69, 9.17) is 0 Å². The Morgan fingerprint density at radius 1 is 1.16 bits per heavy atom. The average Bonchev–Trinajstić information content (AvgIpc) is 2.47. The summed E-state index contributed by atoms with van der Waals surface area (Å²) in [6, 6.07) is 8.78. The number of rotatable bonds is 2. The summed E-state index contributed by atoms with van der Waals surface area (Å²) in [5, 5.41) is 0. The van der Waals surface area contributed by atoms with E-state index in [1.54, 1.807) is 12.1 Å². The molecule has 0 saturated heterocycles. The topological polar surface area (TPSA) is 57.2 Å². The average molecular weight is 286 g/mol. The van der Waals surface area contributed by atoms with Crippen LogP contribution in [0.25, 0.3) is 11.1 Å². The van der Waals surface area contributed by atoms with Crippen LogP contribution in [-0.4, -0.2) is 13.0 Å². The van der Waals surface area contributed by atoms with E-state index in [-0.39, 0.29) is 40.4 Å². The normalized spacial score (nSPS) is 11.6. The van der Waals surface area contributed by atoms with Crippen LogP contribution >= 0.6 is 0 Å². The van der Waals surface area contributed by atoms with Crippen LogP contribution in [0.4, 0.5) is 0 Å². The Hall–Kier alpha value is -0.390. The third kappa shape index (κ3) is 3.20. The van der Waals surface area contributed by atoms with Crippen LogP contribution < -0.4 is 29.6 Å². The van der Waals surface area contributed by atoms with Crippen molar-refractivity contribution < 1.29 is 42.5 Å². The van der Waals surface area contributed by atoms with Crippen LogP contribution in [0.3, 0.4) is 0 Å². The van der Waals surface area contributed by atoms with Crippen molar-refractivity contribution in [1.82, 2.24) is 0 Å². The number of hydrogen-bond acceptors (Lipinski definition) is 3. The number of aryl methyl sites for hydroxylation is 1. The Morgan fingerprint density at radius 3 is 2.26 bits per heavy atom. The Bertz CT molecular complexity index is 663. The van der Waals surface area contributed by atoms with Gasteiger partial charge >= 0.3 is 29.6 Å². The summed E-state index contributed by atoms with van der Waals surface area (Å²) in [5.74, 6) is 0.267. The van der Waals surface area contributed by atoms with Gasteiger partial charge in [-0.1, -0.05) is 38.1 Å². The Kier molecular flexibility index (Phi) is 5.21. The first-order valence-electron chi connectivity index (χ1n) is 5.80. The molecular weight excluding hydrogens is 271 g/mol. The molecule has 2 aliphatic rings. The van der Waals surface area contributed by atoms with Gasteiger partial charge in [0.25, 0.3) is 0 Å². The summed E-state index contributed by atoms with van der Waals surface area (Å²) in [6.07, 6.45) is 0. The summed E-state index contributed by atoms with van der Waals surface area (Å²) >= 11 is 0. The van der Waals surface area contributed by atoms with Gasteiger partial charge < -0.3 is 4.55 Å². The van der Waals surface area contributed by atoms with E-state index in [1.165, 1.54) is 6.07 Å². The minimum atomic E-state index is -4.43.